The Kier molecular flexibility index (Phi) is 5.72. The van der Waals surface area contributed by atoms with E-state index in [0.29, 0.717) is 23.7 Å². The molecule has 1 saturated heterocycles. The largest absolute Gasteiger partial charge is 0.493 e. The zero-order chi connectivity index (χ0) is 22.8. The molecule has 1 aliphatic rings. The summed E-state index contributed by atoms with van der Waals surface area (Å²) in [6, 6.07) is 10.9. The summed E-state index contributed by atoms with van der Waals surface area (Å²) in [5.41, 5.74) is 2.18. The minimum absolute atomic E-state index is 0.0824. The fourth-order valence-electron chi connectivity index (χ4n) is 3.91. The molecule has 10 heteroatoms. The topological polar surface area (TPSA) is 82.5 Å². The number of halogens is 2. The van der Waals surface area contributed by atoms with E-state index in [1.807, 2.05) is 24.3 Å². The number of benzene rings is 2. The van der Waals surface area contributed by atoms with Crippen LogP contribution in [0.5, 0.6) is 17.4 Å². The van der Waals surface area contributed by atoms with Crippen molar-refractivity contribution in [2.45, 2.75) is 19.0 Å². The Morgan fingerprint density at radius 3 is 2.73 bits per heavy atom. The van der Waals surface area contributed by atoms with Crippen LogP contribution in [0, 0.1) is 0 Å². The van der Waals surface area contributed by atoms with E-state index in [-0.39, 0.29) is 11.9 Å². The first kappa shape index (κ1) is 21.0. The van der Waals surface area contributed by atoms with Gasteiger partial charge in [-0.05, 0) is 18.2 Å². The summed E-state index contributed by atoms with van der Waals surface area (Å²) in [4.78, 5) is 19.8. The zero-order valence-corrected chi connectivity index (χ0v) is 17.8. The average Bonchev–Trinajstić information content (AvgIpc) is 3.29. The lowest BCUT2D eigenvalue weighted by Gasteiger charge is -2.20. The molecule has 3 heterocycles. The predicted molar refractivity (Wildman–Crippen MR) is 118 cm³/mol. The van der Waals surface area contributed by atoms with Crippen LogP contribution in [-0.4, -0.2) is 59.3 Å². The SMILES string of the molecule is COc1cc2c(N3CCC(Oc4cnc5ccccc5n4)C3)ncnc2cc1OCC(F)F. The van der Waals surface area contributed by atoms with Crippen LogP contribution in [-0.2, 0) is 0 Å². The molecule has 0 saturated carbocycles. The van der Waals surface area contributed by atoms with E-state index in [4.69, 9.17) is 14.2 Å². The zero-order valence-electron chi connectivity index (χ0n) is 17.8. The van der Waals surface area contributed by atoms with Crippen LogP contribution >= 0.6 is 0 Å². The minimum Gasteiger partial charge on any atom is -0.493 e. The van der Waals surface area contributed by atoms with Gasteiger partial charge in [-0.2, -0.15) is 0 Å². The fourth-order valence-corrected chi connectivity index (χ4v) is 3.91. The minimum atomic E-state index is -2.58. The Morgan fingerprint density at radius 2 is 1.91 bits per heavy atom. The van der Waals surface area contributed by atoms with Crippen molar-refractivity contribution in [1.82, 2.24) is 19.9 Å². The van der Waals surface area contributed by atoms with Crippen LogP contribution in [0.4, 0.5) is 14.6 Å². The number of rotatable bonds is 7. The first-order chi connectivity index (χ1) is 16.1. The molecule has 2 aromatic carbocycles. The van der Waals surface area contributed by atoms with Gasteiger partial charge in [0.25, 0.3) is 6.43 Å². The summed E-state index contributed by atoms with van der Waals surface area (Å²) < 4.78 is 41.8. The molecule has 1 fully saturated rings. The molecule has 0 N–H and O–H groups in total. The maximum absolute atomic E-state index is 12.6. The number of hydrogen-bond donors (Lipinski definition) is 0. The van der Waals surface area contributed by atoms with Crippen molar-refractivity contribution in [3.63, 3.8) is 0 Å². The van der Waals surface area contributed by atoms with E-state index in [9.17, 15) is 8.78 Å². The van der Waals surface area contributed by atoms with E-state index in [2.05, 4.69) is 24.8 Å². The summed E-state index contributed by atoms with van der Waals surface area (Å²) in [5.74, 6) is 1.76. The maximum atomic E-state index is 12.6. The highest BCUT2D eigenvalue weighted by molar-refractivity contribution is 5.92. The van der Waals surface area contributed by atoms with E-state index in [1.54, 1.807) is 18.3 Å². The Balaban J connectivity index is 1.36. The monoisotopic (exact) mass is 453 g/mol. The lowest BCUT2D eigenvalue weighted by molar-refractivity contribution is 0.0805. The lowest BCUT2D eigenvalue weighted by Crippen LogP contribution is -2.25. The molecule has 5 rings (SSSR count). The van der Waals surface area contributed by atoms with Gasteiger partial charge in [-0.3, -0.25) is 0 Å². The highest BCUT2D eigenvalue weighted by Crippen LogP contribution is 2.36. The second kappa shape index (κ2) is 8.97. The first-order valence-corrected chi connectivity index (χ1v) is 10.5. The van der Waals surface area contributed by atoms with Gasteiger partial charge in [-0.15, -0.1) is 0 Å². The summed E-state index contributed by atoms with van der Waals surface area (Å²) in [5, 5.41) is 0.741. The predicted octanol–water partition coefficient (Wildman–Crippen LogP) is 3.88. The highest BCUT2D eigenvalue weighted by Gasteiger charge is 2.27. The van der Waals surface area contributed by atoms with Crippen molar-refractivity contribution in [1.29, 1.82) is 0 Å². The number of anilines is 1. The quantitative estimate of drug-likeness (QED) is 0.417. The molecule has 1 unspecified atom stereocenters. The molecule has 2 aromatic heterocycles. The van der Waals surface area contributed by atoms with Gasteiger partial charge in [0.1, 0.15) is 24.9 Å². The van der Waals surface area contributed by atoms with E-state index in [1.165, 1.54) is 13.4 Å². The highest BCUT2D eigenvalue weighted by atomic mass is 19.3. The molecule has 1 aliphatic heterocycles. The van der Waals surface area contributed by atoms with Gasteiger partial charge in [0.05, 0.1) is 36.4 Å². The summed E-state index contributed by atoms with van der Waals surface area (Å²) in [6.07, 6.45) is 1.20. The third-order valence-corrected chi connectivity index (χ3v) is 5.42. The number of aromatic nitrogens is 4. The number of para-hydroxylation sites is 2. The van der Waals surface area contributed by atoms with Crippen LogP contribution in [0.3, 0.4) is 0 Å². The number of alkyl halides is 2. The van der Waals surface area contributed by atoms with Crippen molar-refractivity contribution in [3.8, 4) is 17.4 Å². The average molecular weight is 453 g/mol. The molecule has 0 amide bonds. The first-order valence-electron chi connectivity index (χ1n) is 10.5. The van der Waals surface area contributed by atoms with Crippen molar-refractivity contribution in [3.05, 3.63) is 48.9 Å². The number of hydrogen-bond acceptors (Lipinski definition) is 8. The van der Waals surface area contributed by atoms with Gasteiger partial charge in [0.15, 0.2) is 11.5 Å². The molecule has 170 valence electrons. The van der Waals surface area contributed by atoms with Crippen LogP contribution < -0.4 is 19.1 Å². The normalized spacial score (nSPS) is 16.0. The number of ether oxygens (including phenoxy) is 3. The maximum Gasteiger partial charge on any atom is 0.272 e. The number of fused-ring (bicyclic) bond motifs is 2. The Labute approximate surface area is 188 Å². The van der Waals surface area contributed by atoms with Gasteiger partial charge >= 0.3 is 0 Å². The Morgan fingerprint density at radius 1 is 1.06 bits per heavy atom. The van der Waals surface area contributed by atoms with Crippen molar-refractivity contribution >= 4 is 27.8 Å². The molecule has 0 radical (unpaired) electrons. The van der Waals surface area contributed by atoms with E-state index in [0.717, 1.165) is 35.2 Å². The van der Waals surface area contributed by atoms with Gasteiger partial charge in [-0.25, -0.2) is 28.7 Å². The fraction of sp³-hybridized carbons (Fsp3) is 0.304. The van der Waals surface area contributed by atoms with Crippen molar-refractivity contribution in [2.75, 3.05) is 31.7 Å². The van der Waals surface area contributed by atoms with Gasteiger partial charge in [0.2, 0.25) is 5.88 Å². The Bertz CT molecular complexity index is 1290. The second-order valence-corrected chi connectivity index (χ2v) is 7.59. The molecule has 1 atom stereocenters. The molecule has 0 bridgehead atoms. The van der Waals surface area contributed by atoms with Crippen molar-refractivity contribution in [2.24, 2.45) is 0 Å². The third-order valence-electron chi connectivity index (χ3n) is 5.42. The number of methoxy groups -OCH3 is 1. The molecular formula is C23H21F2N5O3. The van der Waals surface area contributed by atoms with Crippen LogP contribution in [0.15, 0.2) is 48.9 Å². The third kappa shape index (κ3) is 4.41. The summed E-state index contributed by atoms with van der Waals surface area (Å²) in [6.45, 7) is 0.610. The van der Waals surface area contributed by atoms with Gasteiger partial charge < -0.3 is 19.1 Å². The second-order valence-electron chi connectivity index (χ2n) is 7.59. The van der Waals surface area contributed by atoms with Crippen molar-refractivity contribution < 1.29 is 23.0 Å². The molecule has 4 aromatic rings. The van der Waals surface area contributed by atoms with Gasteiger partial charge in [-0.1, -0.05) is 12.1 Å². The van der Waals surface area contributed by atoms with Crippen LogP contribution in [0.25, 0.3) is 21.9 Å². The number of nitrogens with zero attached hydrogens (tertiary/aromatic N) is 5. The van der Waals surface area contributed by atoms with E-state index < -0.39 is 13.0 Å². The molecule has 0 spiro atoms. The smallest absolute Gasteiger partial charge is 0.272 e. The molecule has 0 aliphatic carbocycles. The standard InChI is InChI=1S/C23H21F2N5O3/c1-31-19-8-15-18(9-20(19)32-12-21(24)25)27-13-28-23(15)30-7-6-14(11-30)33-22-10-26-16-4-2-3-5-17(16)29-22/h2-5,8-10,13-14,21H,6-7,11-12H2,1H3. The Hall–Kier alpha value is -3.82. The lowest BCUT2D eigenvalue weighted by atomic mass is 10.2. The van der Waals surface area contributed by atoms with Crippen LogP contribution in [0.1, 0.15) is 6.42 Å². The molecule has 8 nitrogen and oxygen atoms in total. The summed E-state index contributed by atoms with van der Waals surface area (Å²) in [7, 11) is 1.46. The molecule has 33 heavy (non-hydrogen) atoms. The summed E-state index contributed by atoms with van der Waals surface area (Å²) >= 11 is 0. The van der Waals surface area contributed by atoms with Crippen LogP contribution in [0.2, 0.25) is 0 Å². The van der Waals surface area contributed by atoms with E-state index >= 15 is 0 Å². The van der Waals surface area contributed by atoms with Gasteiger partial charge in [0, 0.05) is 24.4 Å². The molecular weight excluding hydrogens is 432 g/mol.